The Bertz CT molecular complexity index is 1240. The number of nitrogens with one attached hydrogen (secondary N) is 1. The van der Waals surface area contributed by atoms with E-state index in [0.29, 0.717) is 12.4 Å². The molecule has 0 spiro atoms. The number of hydrogen-bond acceptors (Lipinski definition) is 8. The third kappa shape index (κ3) is 3.48. The first-order chi connectivity index (χ1) is 14.6. The fourth-order valence-electron chi connectivity index (χ4n) is 3.73. The Hall–Kier alpha value is -3.11. The highest BCUT2D eigenvalue weighted by Crippen LogP contribution is 2.26. The molecular formula is C20H22N8OS. The second kappa shape index (κ2) is 7.62. The molecule has 0 saturated carbocycles. The molecule has 4 aromatic rings. The zero-order chi connectivity index (χ0) is 20.7. The lowest BCUT2D eigenvalue weighted by atomic mass is 10.2. The number of piperazine rings is 1. The maximum atomic E-state index is 12.5. The summed E-state index contributed by atoms with van der Waals surface area (Å²) >= 11 is 1.59. The average molecular weight is 423 g/mol. The largest absolute Gasteiger partial charge is 0.353 e. The third-order valence-electron chi connectivity index (χ3n) is 5.51. The van der Waals surface area contributed by atoms with E-state index >= 15 is 0 Å². The highest BCUT2D eigenvalue weighted by molar-refractivity contribution is 7.18. The lowest BCUT2D eigenvalue weighted by molar-refractivity contribution is 0.243. The van der Waals surface area contributed by atoms with Crippen LogP contribution in [-0.2, 0) is 6.54 Å². The fourth-order valence-corrected chi connectivity index (χ4v) is 4.78. The summed E-state index contributed by atoms with van der Waals surface area (Å²) in [5.74, 6) is 2.28. The van der Waals surface area contributed by atoms with Crippen molar-refractivity contribution in [3.8, 4) is 5.82 Å². The van der Waals surface area contributed by atoms with Gasteiger partial charge in [0.2, 0.25) is 0 Å². The number of nitrogens with zero attached hydrogens (tertiary/aromatic N) is 7. The van der Waals surface area contributed by atoms with Crippen molar-refractivity contribution < 1.29 is 0 Å². The molecule has 4 aromatic heterocycles. The minimum atomic E-state index is -0.0406. The van der Waals surface area contributed by atoms with Crippen molar-refractivity contribution >= 4 is 27.4 Å². The van der Waals surface area contributed by atoms with Gasteiger partial charge in [0, 0.05) is 43.4 Å². The first-order valence-corrected chi connectivity index (χ1v) is 10.7. The summed E-state index contributed by atoms with van der Waals surface area (Å²) < 4.78 is 1.71. The van der Waals surface area contributed by atoms with Crippen molar-refractivity contribution in [2.45, 2.75) is 20.4 Å². The molecular weight excluding hydrogens is 400 g/mol. The highest BCUT2D eigenvalue weighted by Gasteiger charge is 2.20. The van der Waals surface area contributed by atoms with E-state index in [9.17, 15) is 4.79 Å². The van der Waals surface area contributed by atoms with E-state index in [4.69, 9.17) is 9.97 Å². The maximum absolute atomic E-state index is 12.5. The lowest BCUT2D eigenvalue weighted by Crippen LogP contribution is -2.46. The van der Waals surface area contributed by atoms with Crippen molar-refractivity contribution in [2.75, 3.05) is 31.1 Å². The van der Waals surface area contributed by atoms with E-state index in [1.165, 1.54) is 0 Å². The molecule has 154 valence electrons. The van der Waals surface area contributed by atoms with Gasteiger partial charge in [0.25, 0.3) is 5.56 Å². The molecule has 30 heavy (non-hydrogen) atoms. The molecule has 1 aliphatic rings. The summed E-state index contributed by atoms with van der Waals surface area (Å²) in [4.78, 5) is 35.7. The summed E-state index contributed by atoms with van der Waals surface area (Å²) in [6.45, 7) is 8.03. The van der Waals surface area contributed by atoms with Crippen LogP contribution in [0.25, 0.3) is 16.0 Å². The van der Waals surface area contributed by atoms with Crippen LogP contribution in [0.15, 0.2) is 35.6 Å². The Kier molecular flexibility index (Phi) is 4.80. The summed E-state index contributed by atoms with van der Waals surface area (Å²) in [5, 5.41) is 4.94. The predicted molar refractivity (Wildman–Crippen MR) is 116 cm³/mol. The van der Waals surface area contributed by atoms with Crippen LogP contribution in [0.3, 0.4) is 0 Å². The number of anilines is 1. The maximum Gasteiger partial charge on any atom is 0.259 e. The van der Waals surface area contributed by atoms with Crippen LogP contribution in [0.1, 0.15) is 16.3 Å². The van der Waals surface area contributed by atoms with Gasteiger partial charge < -0.3 is 9.88 Å². The SMILES string of the molecule is Cc1sc2nc(CN3CCN(c4cncc(-n5cccn5)n4)CC3)[nH]c(=O)c2c1C. The molecule has 0 aliphatic carbocycles. The Balaban J connectivity index is 1.27. The summed E-state index contributed by atoms with van der Waals surface area (Å²) in [5.41, 5.74) is 0.989. The van der Waals surface area contributed by atoms with Gasteiger partial charge in [-0.2, -0.15) is 5.10 Å². The number of hydrogen-bond donors (Lipinski definition) is 1. The van der Waals surface area contributed by atoms with Gasteiger partial charge in [0.1, 0.15) is 16.5 Å². The first kappa shape index (κ1) is 18.9. The molecule has 0 atom stereocenters. The molecule has 1 N–H and O–H groups in total. The van der Waals surface area contributed by atoms with Gasteiger partial charge in [-0.3, -0.25) is 14.7 Å². The molecule has 5 heterocycles. The fraction of sp³-hybridized carbons (Fsp3) is 0.350. The second-order valence-corrected chi connectivity index (χ2v) is 8.63. The number of thiophene rings is 1. The normalized spacial score (nSPS) is 15.2. The summed E-state index contributed by atoms with van der Waals surface area (Å²) in [6, 6.07) is 1.86. The molecule has 1 fully saturated rings. The van der Waals surface area contributed by atoms with Crippen LogP contribution in [-0.4, -0.2) is 60.8 Å². The number of aromatic nitrogens is 6. The van der Waals surface area contributed by atoms with Crippen molar-refractivity contribution in [2.24, 2.45) is 0 Å². The number of rotatable bonds is 4. The topological polar surface area (TPSA) is 95.8 Å². The molecule has 9 nitrogen and oxygen atoms in total. The van der Waals surface area contributed by atoms with Crippen molar-refractivity contribution in [1.82, 2.24) is 34.6 Å². The second-order valence-electron chi connectivity index (χ2n) is 7.43. The number of fused-ring (bicyclic) bond motifs is 1. The Labute approximate surface area is 177 Å². The lowest BCUT2D eigenvalue weighted by Gasteiger charge is -2.34. The zero-order valence-electron chi connectivity index (χ0n) is 16.9. The van der Waals surface area contributed by atoms with E-state index < -0.39 is 0 Å². The quantitative estimate of drug-likeness (QED) is 0.537. The molecule has 1 aliphatic heterocycles. The first-order valence-electron chi connectivity index (χ1n) is 9.87. The third-order valence-corrected chi connectivity index (χ3v) is 6.61. The van der Waals surface area contributed by atoms with E-state index in [1.54, 1.807) is 34.6 Å². The van der Waals surface area contributed by atoms with Crippen LogP contribution in [0.5, 0.6) is 0 Å². The van der Waals surface area contributed by atoms with Gasteiger partial charge in [-0.25, -0.2) is 14.6 Å². The molecule has 0 radical (unpaired) electrons. The molecule has 1 saturated heterocycles. The molecule has 0 bridgehead atoms. The van der Waals surface area contributed by atoms with Crippen molar-refractivity contribution in [1.29, 1.82) is 0 Å². The van der Waals surface area contributed by atoms with Crippen LogP contribution in [0, 0.1) is 13.8 Å². The van der Waals surface area contributed by atoms with Gasteiger partial charge in [0.05, 0.1) is 24.3 Å². The minimum absolute atomic E-state index is 0.0406. The van der Waals surface area contributed by atoms with Crippen LogP contribution in [0.2, 0.25) is 0 Å². The van der Waals surface area contributed by atoms with Gasteiger partial charge in [0.15, 0.2) is 5.82 Å². The van der Waals surface area contributed by atoms with Gasteiger partial charge >= 0.3 is 0 Å². The summed E-state index contributed by atoms with van der Waals surface area (Å²) in [6.07, 6.45) is 7.07. The number of H-pyrrole nitrogens is 1. The van der Waals surface area contributed by atoms with Gasteiger partial charge in [-0.05, 0) is 25.5 Å². The Morgan fingerprint density at radius 2 is 1.90 bits per heavy atom. The monoisotopic (exact) mass is 422 g/mol. The highest BCUT2D eigenvalue weighted by atomic mass is 32.1. The molecule has 0 aromatic carbocycles. The van der Waals surface area contributed by atoms with Crippen molar-refractivity contribution in [3.05, 3.63) is 57.5 Å². The van der Waals surface area contributed by atoms with E-state index in [2.05, 4.69) is 24.9 Å². The molecule has 0 amide bonds. The molecule has 5 rings (SSSR count). The van der Waals surface area contributed by atoms with Gasteiger partial charge in [-0.15, -0.1) is 11.3 Å². The van der Waals surface area contributed by atoms with E-state index in [-0.39, 0.29) is 5.56 Å². The average Bonchev–Trinajstić information content (AvgIpc) is 3.38. The Morgan fingerprint density at radius 1 is 1.10 bits per heavy atom. The Morgan fingerprint density at radius 3 is 2.67 bits per heavy atom. The smallest absolute Gasteiger partial charge is 0.259 e. The van der Waals surface area contributed by atoms with Crippen molar-refractivity contribution in [3.63, 3.8) is 0 Å². The van der Waals surface area contributed by atoms with E-state index in [1.807, 2.05) is 26.1 Å². The zero-order valence-corrected chi connectivity index (χ0v) is 17.7. The van der Waals surface area contributed by atoms with Gasteiger partial charge in [-0.1, -0.05) is 0 Å². The van der Waals surface area contributed by atoms with Crippen LogP contribution in [0.4, 0.5) is 5.82 Å². The predicted octanol–water partition coefficient (Wildman–Crippen LogP) is 1.90. The standard InChI is InChI=1S/C20H22N8OS/c1-13-14(2)30-20-18(13)19(29)23-15(24-20)12-26-6-8-27(9-7-26)16-10-21-11-17(25-16)28-5-3-4-22-28/h3-5,10-11H,6-9,12H2,1-2H3,(H,23,24,29). The molecule has 10 heteroatoms. The minimum Gasteiger partial charge on any atom is -0.353 e. The molecule has 0 unspecified atom stereocenters. The summed E-state index contributed by atoms with van der Waals surface area (Å²) in [7, 11) is 0. The van der Waals surface area contributed by atoms with Crippen LogP contribution < -0.4 is 10.5 Å². The van der Waals surface area contributed by atoms with Crippen LogP contribution >= 0.6 is 11.3 Å². The number of aromatic amines is 1. The van der Waals surface area contributed by atoms with E-state index in [0.717, 1.165) is 58.5 Å². The number of aryl methyl sites for hydroxylation is 2.